The van der Waals surface area contributed by atoms with E-state index in [1.807, 2.05) is 37.4 Å². The van der Waals surface area contributed by atoms with Gasteiger partial charge in [-0.1, -0.05) is 23.4 Å². The van der Waals surface area contributed by atoms with Gasteiger partial charge < -0.3 is 19.3 Å². The van der Waals surface area contributed by atoms with Crippen molar-refractivity contribution in [1.82, 2.24) is 24.8 Å². The fourth-order valence-electron chi connectivity index (χ4n) is 3.93. The van der Waals surface area contributed by atoms with Crippen LogP contribution in [0.4, 0.5) is 0 Å². The monoisotopic (exact) mass is 419 g/mol. The Kier molecular flexibility index (Phi) is 4.30. The third-order valence-electron chi connectivity index (χ3n) is 5.77. The third kappa shape index (κ3) is 2.97. The van der Waals surface area contributed by atoms with Crippen LogP contribution in [0.5, 0.6) is 5.75 Å². The molecule has 0 bridgehead atoms. The number of aliphatic hydroxyl groups is 1. The smallest absolute Gasteiger partial charge is 0.262 e. The van der Waals surface area contributed by atoms with E-state index in [4.69, 9.17) is 14.2 Å². The minimum absolute atomic E-state index is 0.151. The predicted molar refractivity (Wildman–Crippen MR) is 112 cm³/mol. The van der Waals surface area contributed by atoms with Crippen LogP contribution in [0.3, 0.4) is 0 Å². The van der Waals surface area contributed by atoms with Gasteiger partial charge in [0.05, 0.1) is 24.4 Å². The van der Waals surface area contributed by atoms with E-state index in [0.29, 0.717) is 18.0 Å². The molecule has 9 nitrogen and oxygen atoms in total. The number of carbonyl (C=O) groups is 1. The largest absolute Gasteiger partial charge is 0.496 e. The molecule has 1 aromatic carbocycles. The normalized spacial score (nSPS) is 18.8. The summed E-state index contributed by atoms with van der Waals surface area (Å²) in [5.74, 6) is 0.455. The minimum Gasteiger partial charge on any atom is -0.496 e. The van der Waals surface area contributed by atoms with Gasteiger partial charge in [-0.3, -0.25) is 9.48 Å². The number of fused-ring (bicyclic) bond motifs is 1. The SMILES string of the molecule is COc1cc(-c2cccc(-c3cc(C4(O)CCN(C)C4=O)on3)c2)nc2c1cnn2C. The standard InChI is InChI=1S/C22H21N5O4/c1-26-8-7-22(29,21(26)28)19-11-17(25-31-19)14-6-4-5-13(9-14)16-10-18(30-3)15-12-23-27(2)20(15)24-16/h4-6,9-12,29H,7-8H2,1-3H3. The number of hydrogen-bond donors (Lipinski definition) is 1. The number of carbonyl (C=O) groups excluding carboxylic acids is 1. The van der Waals surface area contributed by atoms with Gasteiger partial charge >= 0.3 is 0 Å². The summed E-state index contributed by atoms with van der Waals surface area (Å²) in [5, 5.41) is 20.0. The molecule has 1 unspecified atom stereocenters. The molecule has 1 aliphatic heterocycles. The van der Waals surface area contributed by atoms with Gasteiger partial charge in [0.2, 0.25) is 5.60 Å². The van der Waals surface area contributed by atoms with E-state index in [9.17, 15) is 9.90 Å². The number of pyridine rings is 1. The first kappa shape index (κ1) is 19.3. The van der Waals surface area contributed by atoms with E-state index >= 15 is 0 Å². The number of likely N-dealkylation sites (N-methyl/N-ethyl adjacent to an activating group) is 1. The Balaban J connectivity index is 1.54. The molecular formula is C22H21N5O4. The summed E-state index contributed by atoms with van der Waals surface area (Å²) >= 11 is 0. The molecule has 5 rings (SSSR count). The first-order valence-corrected chi connectivity index (χ1v) is 9.83. The van der Waals surface area contributed by atoms with Gasteiger partial charge in [0, 0.05) is 50.3 Å². The van der Waals surface area contributed by atoms with Crippen LogP contribution in [0.25, 0.3) is 33.5 Å². The fourth-order valence-corrected chi connectivity index (χ4v) is 3.93. The number of aromatic nitrogens is 4. The number of methoxy groups -OCH3 is 1. The number of ether oxygens (including phenoxy) is 1. The number of benzene rings is 1. The van der Waals surface area contributed by atoms with E-state index in [1.54, 1.807) is 31.1 Å². The minimum atomic E-state index is -1.67. The molecule has 1 N–H and O–H groups in total. The van der Waals surface area contributed by atoms with E-state index in [-0.39, 0.29) is 18.1 Å². The lowest BCUT2D eigenvalue weighted by molar-refractivity contribution is -0.144. The molecule has 0 spiro atoms. The number of amides is 1. The molecule has 158 valence electrons. The van der Waals surface area contributed by atoms with Crippen molar-refractivity contribution in [3.63, 3.8) is 0 Å². The van der Waals surface area contributed by atoms with E-state index in [1.165, 1.54) is 4.90 Å². The molecule has 0 aliphatic carbocycles. The summed E-state index contributed by atoms with van der Waals surface area (Å²) in [6, 6.07) is 11.1. The summed E-state index contributed by atoms with van der Waals surface area (Å²) in [6.07, 6.45) is 2.00. The fraction of sp³-hybridized carbons (Fsp3) is 0.273. The second-order valence-corrected chi connectivity index (χ2v) is 7.71. The van der Waals surface area contributed by atoms with Crippen molar-refractivity contribution in [3.8, 4) is 28.3 Å². The van der Waals surface area contributed by atoms with E-state index in [0.717, 1.165) is 27.9 Å². The molecule has 9 heteroatoms. The number of aryl methyl sites for hydroxylation is 1. The molecule has 4 aromatic rings. The third-order valence-corrected chi connectivity index (χ3v) is 5.77. The molecule has 31 heavy (non-hydrogen) atoms. The lowest BCUT2D eigenvalue weighted by Crippen LogP contribution is -2.35. The first-order chi connectivity index (χ1) is 14.9. The van der Waals surface area contributed by atoms with Crippen molar-refractivity contribution in [2.45, 2.75) is 12.0 Å². The highest BCUT2D eigenvalue weighted by atomic mass is 16.5. The maximum Gasteiger partial charge on any atom is 0.262 e. The quantitative estimate of drug-likeness (QED) is 0.541. The van der Waals surface area contributed by atoms with Crippen LogP contribution in [0.15, 0.2) is 47.1 Å². The zero-order valence-electron chi connectivity index (χ0n) is 17.4. The maximum atomic E-state index is 12.3. The Bertz CT molecular complexity index is 1310. The Hall–Kier alpha value is -3.72. The van der Waals surface area contributed by atoms with Crippen LogP contribution >= 0.6 is 0 Å². The molecule has 0 radical (unpaired) electrons. The molecule has 1 aliphatic rings. The van der Waals surface area contributed by atoms with Gasteiger partial charge in [0.15, 0.2) is 11.4 Å². The Morgan fingerprint density at radius 1 is 1.16 bits per heavy atom. The van der Waals surface area contributed by atoms with Gasteiger partial charge in [-0.15, -0.1) is 0 Å². The number of rotatable bonds is 4. The van der Waals surface area contributed by atoms with Gasteiger partial charge in [0.1, 0.15) is 11.4 Å². The Morgan fingerprint density at radius 2 is 1.94 bits per heavy atom. The maximum absolute atomic E-state index is 12.3. The number of hydrogen-bond acceptors (Lipinski definition) is 7. The zero-order valence-corrected chi connectivity index (χ0v) is 17.4. The molecule has 4 heterocycles. The van der Waals surface area contributed by atoms with Crippen LogP contribution in [0, 0.1) is 0 Å². The zero-order chi connectivity index (χ0) is 21.8. The predicted octanol–water partition coefficient (Wildman–Crippen LogP) is 2.35. The lowest BCUT2D eigenvalue weighted by atomic mass is 9.97. The van der Waals surface area contributed by atoms with Gasteiger partial charge in [0.25, 0.3) is 5.91 Å². The van der Waals surface area contributed by atoms with Crippen LogP contribution in [0.2, 0.25) is 0 Å². The Labute approximate surface area is 177 Å². The molecule has 3 aromatic heterocycles. The second kappa shape index (κ2) is 6.92. The first-order valence-electron chi connectivity index (χ1n) is 9.83. The molecule has 1 amide bonds. The van der Waals surface area contributed by atoms with Crippen molar-refractivity contribution in [1.29, 1.82) is 0 Å². The lowest BCUT2D eigenvalue weighted by Gasteiger charge is -2.16. The van der Waals surface area contributed by atoms with Crippen LogP contribution < -0.4 is 4.74 Å². The summed E-state index contributed by atoms with van der Waals surface area (Å²) in [6.45, 7) is 0.463. The van der Waals surface area contributed by atoms with Crippen molar-refractivity contribution in [2.24, 2.45) is 7.05 Å². The molecular weight excluding hydrogens is 398 g/mol. The molecule has 1 saturated heterocycles. The molecule has 1 fully saturated rings. The molecule has 0 saturated carbocycles. The summed E-state index contributed by atoms with van der Waals surface area (Å²) < 4.78 is 12.6. The van der Waals surface area contributed by atoms with E-state index in [2.05, 4.69) is 10.3 Å². The van der Waals surface area contributed by atoms with Crippen LogP contribution in [-0.2, 0) is 17.4 Å². The topological polar surface area (TPSA) is 107 Å². The summed E-state index contributed by atoms with van der Waals surface area (Å²) in [4.78, 5) is 18.6. The van der Waals surface area contributed by atoms with Gasteiger partial charge in [-0.2, -0.15) is 5.10 Å². The Morgan fingerprint density at radius 3 is 2.65 bits per heavy atom. The highest BCUT2D eigenvalue weighted by Crippen LogP contribution is 2.36. The number of likely N-dealkylation sites (tertiary alicyclic amines) is 1. The summed E-state index contributed by atoms with van der Waals surface area (Å²) in [5.41, 5.74) is 1.94. The average Bonchev–Trinajstić information content (AvgIpc) is 3.49. The highest BCUT2D eigenvalue weighted by molar-refractivity contribution is 5.88. The highest BCUT2D eigenvalue weighted by Gasteiger charge is 2.48. The van der Waals surface area contributed by atoms with E-state index < -0.39 is 5.60 Å². The van der Waals surface area contributed by atoms with Crippen molar-refractivity contribution < 1.29 is 19.2 Å². The van der Waals surface area contributed by atoms with Crippen LogP contribution in [-0.4, -0.2) is 56.5 Å². The van der Waals surface area contributed by atoms with Crippen molar-refractivity contribution in [3.05, 3.63) is 48.4 Å². The number of nitrogens with zero attached hydrogens (tertiary/aromatic N) is 5. The van der Waals surface area contributed by atoms with Crippen LogP contribution in [0.1, 0.15) is 12.2 Å². The average molecular weight is 419 g/mol. The van der Waals surface area contributed by atoms with Crippen molar-refractivity contribution in [2.75, 3.05) is 20.7 Å². The van der Waals surface area contributed by atoms with Gasteiger partial charge in [-0.05, 0) is 6.07 Å². The van der Waals surface area contributed by atoms with Crippen molar-refractivity contribution >= 4 is 16.9 Å². The summed E-state index contributed by atoms with van der Waals surface area (Å²) in [7, 11) is 5.10. The van der Waals surface area contributed by atoms with Gasteiger partial charge in [-0.25, -0.2) is 4.98 Å². The second-order valence-electron chi connectivity index (χ2n) is 7.71. The molecule has 1 atom stereocenters.